The summed E-state index contributed by atoms with van der Waals surface area (Å²) in [6.45, 7) is 2.68. The Morgan fingerprint density at radius 2 is 1.75 bits per heavy atom. The maximum absolute atomic E-state index is 12.8. The van der Waals surface area contributed by atoms with Gasteiger partial charge in [-0.15, -0.1) is 0 Å². The van der Waals surface area contributed by atoms with Crippen molar-refractivity contribution in [1.29, 1.82) is 0 Å². The minimum absolute atomic E-state index is 0.451. The lowest BCUT2D eigenvalue weighted by Gasteiger charge is -2.29. The number of ether oxygens (including phenoxy) is 2. The third-order valence-electron chi connectivity index (χ3n) is 2.88. The average Bonchev–Trinajstić information content (AvgIpc) is 2.39. The Hall–Kier alpha value is -2.42. The van der Waals surface area contributed by atoms with Gasteiger partial charge in [0.15, 0.2) is 11.3 Å². The van der Waals surface area contributed by atoms with Gasteiger partial charge in [-0.3, -0.25) is 0 Å². The van der Waals surface area contributed by atoms with Gasteiger partial charge in [-0.1, -0.05) is 11.6 Å². The molecule has 1 aliphatic heterocycles. The molecule has 1 saturated heterocycles. The van der Waals surface area contributed by atoms with Crippen LogP contribution < -0.4 is 5.32 Å². The van der Waals surface area contributed by atoms with Crippen molar-refractivity contribution in [2.45, 2.75) is 25.8 Å². The summed E-state index contributed by atoms with van der Waals surface area (Å²) in [7, 11) is 0. The Labute approximate surface area is 138 Å². The normalized spacial score (nSPS) is 17.2. The SMILES string of the molecule is CC1(C)OC(=O)C(=CNc2cc(C(F)(F)F)cc(Cl)c2O)C(=O)O1. The molecule has 0 bridgehead atoms. The van der Waals surface area contributed by atoms with Crippen molar-refractivity contribution in [2.24, 2.45) is 0 Å². The van der Waals surface area contributed by atoms with Gasteiger partial charge < -0.3 is 19.9 Å². The summed E-state index contributed by atoms with van der Waals surface area (Å²) in [4.78, 5) is 23.4. The van der Waals surface area contributed by atoms with Gasteiger partial charge in [0.1, 0.15) is 0 Å². The largest absolute Gasteiger partial charge is 0.504 e. The molecule has 0 amide bonds. The molecular formula is C14H11ClF3NO5. The van der Waals surface area contributed by atoms with E-state index in [0.29, 0.717) is 12.1 Å². The molecule has 130 valence electrons. The van der Waals surface area contributed by atoms with Crippen LogP contribution in [-0.2, 0) is 25.2 Å². The monoisotopic (exact) mass is 365 g/mol. The van der Waals surface area contributed by atoms with Crippen molar-refractivity contribution in [3.8, 4) is 5.75 Å². The van der Waals surface area contributed by atoms with E-state index in [1.807, 2.05) is 0 Å². The summed E-state index contributed by atoms with van der Waals surface area (Å²) >= 11 is 5.55. The number of halogens is 4. The molecule has 0 spiro atoms. The molecule has 0 atom stereocenters. The van der Waals surface area contributed by atoms with Crippen molar-refractivity contribution >= 4 is 29.2 Å². The molecule has 0 aliphatic carbocycles. The maximum Gasteiger partial charge on any atom is 0.416 e. The summed E-state index contributed by atoms with van der Waals surface area (Å²) in [6.07, 6.45) is -3.93. The van der Waals surface area contributed by atoms with Crippen molar-refractivity contribution in [2.75, 3.05) is 5.32 Å². The zero-order valence-electron chi connectivity index (χ0n) is 12.3. The molecule has 1 heterocycles. The minimum Gasteiger partial charge on any atom is -0.504 e. The Bertz CT molecular complexity index is 721. The van der Waals surface area contributed by atoms with Crippen molar-refractivity contribution in [3.05, 3.63) is 34.5 Å². The van der Waals surface area contributed by atoms with Crippen LogP contribution in [-0.4, -0.2) is 22.8 Å². The van der Waals surface area contributed by atoms with Crippen LogP contribution in [0.1, 0.15) is 19.4 Å². The lowest BCUT2D eigenvalue weighted by Crippen LogP contribution is -2.42. The van der Waals surface area contributed by atoms with E-state index in [2.05, 4.69) is 5.32 Å². The zero-order chi connectivity index (χ0) is 18.3. The summed E-state index contributed by atoms with van der Waals surface area (Å²) in [5, 5.41) is 11.4. The number of hydrogen-bond donors (Lipinski definition) is 2. The molecule has 6 nitrogen and oxygen atoms in total. The number of phenols is 1. The van der Waals surface area contributed by atoms with Gasteiger partial charge in [-0.2, -0.15) is 13.2 Å². The smallest absolute Gasteiger partial charge is 0.416 e. The molecule has 2 N–H and O–H groups in total. The number of alkyl halides is 3. The predicted molar refractivity (Wildman–Crippen MR) is 76.1 cm³/mol. The Kier molecular flexibility index (Phi) is 4.40. The number of rotatable bonds is 2. The highest BCUT2D eigenvalue weighted by Gasteiger charge is 2.39. The second kappa shape index (κ2) is 5.90. The number of esters is 2. The summed E-state index contributed by atoms with van der Waals surface area (Å²) in [6, 6.07) is 1.11. The van der Waals surface area contributed by atoms with Crippen LogP contribution in [0.2, 0.25) is 5.02 Å². The first-order valence-corrected chi connectivity index (χ1v) is 6.81. The van der Waals surface area contributed by atoms with Gasteiger partial charge >= 0.3 is 18.1 Å². The van der Waals surface area contributed by atoms with Gasteiger partial charge in [0.2, 0.25) is 0 Å². The molecule has 1 aromatic carbocycles. The van der Waals surface area contributed by atoms with E-state index >= 15 is 0 Å². The highest BCUT2D eigenvalue weighted by Crippen LogP contribution is 2.39. The molecular weight excluding hydrogens is 355 g/mol. The van der Waals surface area contributed by atoms with Crippen LogP contribution in [0.15, 0.2) is 23.9 Å². The average molecular weight is 366 g/mol. The van der Waals surface area contributed by atoms with Crippen molar-refractivity contribution < 1.29 is 37.3 Å². The first-order valence-electron chi connectivity index (χ1n) is 6.44. The number of carbonyl (C=O) groups excluding carboxylic acids is 2. The molecule has 2 rings (SSSR count). The number of aromatic hydroxyl groups is 1. The Balaban J connectivity index is 2.33. The number of anilines is 1. The summed E-state index contributed by atoms with van der Waals surface area (Å²) < 4.78 is 47.9. The Morgan fingerprint density at radius 3 is 2.25 bits per heavy atom. The molecule has 0 radical (unpaired) electrons. The van der Waals surface area contributed by atoms with Crippen molar-refractivity contribution in [1.82, 2.24) is 0 Å². The lowest BCUT2D eigenvalue weighted by atomic mass is 10.1. The van der Waals surface area contributed by atoms with E-state index in [1.54, 1.807) is 0 Å². The number of hydrogen-bond acceptors (Lipinski definition) is 6. The number of phenolic OH excluding ortho intramolecular Hbond substituents is 1. The second-order valence-corrected chi connectivity index (χ2v) is 5.64. The maximum atomic E-state index is 12.8. The fourth-order valence-electron chi connectivity index (χ4n) is 1.80. The topological polar surface area (TPSA) is 84.9 Å². The summed E-state index contributed by atoms with van der Waals surface area (Å²) in [5.74, 6) is -4.19. The minimum atomic E-state index is -4.70. The third kappa shape index (κ3) is 3.73. The highest BCUT2D eigenvalue weighted by molar-refractivity contribution is 6.32. The fraction of sp³-hybridized carbons (Fsp3) is 0.286. The van der Waals surface area contributed by atoms with Crippen LogP contribution in [0, 0.1) is 0 Å². The molecule has 1 fully saturated rings. The third-order valence-corrected chi connectivity index (χ3v) is 3.17. The van der Waals surface area contributed by atoms with Crippen LogP contribution in [0.5, 0.6) is 5.75 Å². The van der Waals surface area contributed by atoms with Gasteiger partial charge in [0, 0.05) is 20.0 Å². The number of carbonyl (C=O) groups is 2. The molecule has 24 heavy (non-hydrogen) atoms. The fourth-order valence-corrected chi connectivity index (χ4v) is 2.02. The van der Waals surface area contributed by atoms with E-state index in [-0.39, 0.29) is 0 Å². The number of benzene rings is 1. The number of nitrogens with one attached hydrogen (secondary N) is 1. The molecule has 0 unspecified atom stereocenters. The molecule has 1 aliphatic rings. The van der Waals surface area contributed by atoms with Crippen LogP contribution >= 0.6 is 11.6 Å². The molecule has 0 aromatic heterocycles. The van der Waals surface area contributed by atoms with E-state index in [4.69, 9.17) is 21.1 Å². The van der Waals surface area contributed by atoms with E-state index in [1.165, 1.54) is 13.8 Å². The van der Waals surface area contributed by atoms with Gasteiger partial charge in [-0.25, -0.2) is 9.59 Å². The lowest BCUT2D eigenvalue weighted by molar-refractivity contribution is -0.222. The van der Waals surface area contributed by atoms with Crippen LogP contribution in [0.3, 0.4) is 0 Å². The van der Waals surface area contributed by atoms with Gasteiger partial charge in [0.25, 0.3) is 5.79 Å². The Morgan fingerprint density at radius 1 is 1.21 bits per heavy atom. The zero-order valence-corrected chi connectivity index (χ0v) is 13.1. The first-order chi connectivity index (χ1) is 10.9. The highest BCUT2D eigenvalue weighted by atomic mass is 35.5. The van der Waals surface area contributed by atoms with Crippen molar-refractivity contribution in [3.63, 3.8) is 0 Å². The predicted octanol–water partition coefficient (Wildman–Crippen LogP) is 3.20. The van der Waals surface area contributed by atoms with E-state index in [9.17, 15) is 27.9 Å². The van der Waals surface area contributed by atoms with E-state index < -0.39 is 51.5 Å². The number of cyclic esters (lactones) is 2. The quantitative estimate of drug-likeness (QED) is 0.362. The molecule has 10 heteroatoms. The molecule has 1 aromatic rings. The standard InChI is InChI=1S/C14H11ClF3NO5/c1-13(2)23-11(21)7(12(22)24-13)5-19-9-4-6(14(16,17)18)3-8(15)10(9)20/h3-5,19-20H,1-2H3. The second-order valence-electron chi connectivity index (χ2n) is 5.23. The first kappa shape index (κ1) is 17.9. The molecule has 0 saturated carbocycles. The summed E-state index contributed by atoms with van der Waals surface area (Å²) in [5.41, 5.74) is -2.16. The van der Waals surface area contributed by atoms with Crippen LogP contribution in [0.4, 0.5) is 18.9 Å². The van der Waals surface area contributed by atoms with Crippen LogP contribution in [0.25, 0.3) is 0 Å². The van der Waals surface area contributed by atoms with E-state index in [0.717, 1.165) is 6.20 Å². The van der Waals surface area contributed by atoms with Gasteiger partial charge in [-0.05, 0) is 12.1 Å². The van der Waals surface area contributed by atoms with Gasteiger partial charge in [0.05, 0.1) is 16.3 Å².